The van der Waals surface area contributed by atoms with E-state index in [1.54, 1.807) is 4.90 Å². The van der Waals surface area contributed by atoms with Crippen LogP contribution in [-0.4, -0.2) is 18.2 Å². The van der Waals surface area contributed by atoms with Crippen LogP contribution < -0.4 is 4.90 Å². The maximum Gasteiger partial charge on any atom is 0.242 e. The molecule has 1 fully saturated rings. The third kappa shape index (κ3) is 2.03. The normalized spacial score (nSPS) is 18.9. The van der Waals surface area contributed by atoms with Gasteiger partial charge >= 0.3 is 0 Å². The molecular weight excluding hydrogens is 238 g/mol. The summed E-state index contributed by atoms with van der Waals surface area (Å²) in [4.78, 5) is 26.1. The lowest BCUT2D eigenvalue weighted by Gasteiger charge is -2.15. The van der Waals surface area contributed by atoms with Crippen molar-refractivity contribution in [3.05, 3.63) is 66.2 Å². The summed E-state index contributed by atoms with van der Waals surface area (Å²) in [6.07, 6.45) is 0. The predicted molar refractivity (Wildman–Crippen MR) is 73.0 cm³/mol. The summed E-state index contributed by atoms with van der Waals surface area (Å²) < 4.78 is 0. The molecule has 94 valence electrons. The van der Waals surface area contributed by atoms with Gasteiger partial charge in [0.05, 0.1) is 6.54 Å². The molecular formula is C16H13NO2. The predicted octanol–water partition coefficient (Wildman–Crippen LogP) is 2.39. The average Bonchev–Trinajstić information content (AvgIpc) is 2.76. The summed E-state index contributed by atoms with van der Waals surface area (Å²) in [5.74, 6) is -0.830. The van der Waals surface area contributed by atoms with E-state index in [4.69, 9.17) is 0 Å². The van der Waals surface area contributed by atoms with Gasteiger partial charge < -0.3 is 4.90 Å². The fraction of sp³-hybridized carbons (Fsp3) is 0.125. The van der Waals surface area contributed by atoms with E-state index in [9.17, 15) is 9.59 Å². The molecule has 0 spiro atoms. The first-order chi connectivity index (χ1) is 9.27. The number of carbonyl (C=O) groups is 2. The van der Waals surface area contributed by atoms with Crippen molar-refractivity contribution in [3.8, 4) is 0 Å². The standard InChI is InChI=1S/C16H13NO2/c18-14-11-17(13-9-5-2-6-10-13)16(19)15(14)12-7-3-1-4-8-12/h1-10,15H,11H2. The van der Waals surface area contributed by atoms with Gasteiger partial charge in [0.15, 0.2) is 5.78 Å². The smallest absolute Gasteiger partial charge is 0.242 e. The van der Waals surface area contributed by atoms with E-state index in [1.807, 2.05) is 60.7 Å². The number of nitrogens with zero attached hydrogens (tertiary/aromatic N) is 1. The van der Waals surface area contributed by atoms with Gasteiger partial charge in [-0.3, -0.25) is 9.59 Å². The van der Waals surface area contributed by atoms with E-state index in [1.165, 1.54) is 0 Å². The molecule has 0 saturated carbocycles. The van der Waals surface area contributed by atoms with Gasteiger partial charge in [0.25, 0.3) is 0 Å². The van der Waals surface area contributed by atoms with Crippen molar-refractivity contribution in [3.63, 3.8) is 0 Å². The Morgan fingerprint density at radius 2 is 1.42 bits per heavy atom. The number of anilines is 1. The van der Waals surface area contributed by atoms with E-state index in [0.717, 1.165) is 11.3 Å². The first kappa shape index (κ1) is 11.7. The number of para-hydroxylation sites is 1. The number of benzene rings is 2. The first-order valence-corrected chi connectivity index (χ1v) is 6.21. The lowest BCUT2D eigenvalue weighted by molar-refractivity contribution is -0.123. The largest absolute Gasteiger partial charge is 0.304 e. The molecule has 19 heavy (non-hydrogen) atoms. The second-order valence-corrected chi connectivity index (χ2v) is 4.57. The van der Waals surface area contributed by atoms with Crippen molar-refractivity contribution in [1.29, 1.82) is 0 Å². The van der Waals surface area contributed by atoms with Crippen molar-refractivity contribution in [2.24, 2.45) is 0 Å². The van der Waals surface area contributed by atoms with E-state index >= 15 is 0 Å². The zero-order valence-electron chi connectivity index (χ0n) is 10.3. The van der Waals surface area contributed by atoms with Crippen molar-refractivity contribution in [2.45, 2.75) is 5.92 Å². The fourth-order valence-electron chi connectivity index (χ4n) is 2.42. The second-order valence-electron chi connectivity index (χ2n) is 4.57. The molecule has 1 heterocycles. The Bertz CT molecular complexity index is 607. The highest BCUT2D eigenvalue weighted by atomic mass is 16.2. The average molecular weight is 251 g/mol. The zero-order chi connectivity index (χ0) is 13.2. The van der Waals surface area contributed by atoms with Gasteiger partial charge in [0, 0.05) is 5.69 Å². The first-order valence-electron chi connectivity index (χ1n) is 6.21. The number of ketones is 1. The van der Waals surface area contributed by atoms with Crippen LogP contribution in [0.15, 0.2) is 60.7 Å². The third-order valence-corrected chi connectivity index (χ3v) is 3.35. The number of Topliss-reactive ketones (excluding diaryl/α,β-unsaturated/α-hetero) is 1. The number of amides is 1. The third-order valence-electron chi connectivity index (χ3n) is 3.35. The van der Waals surface area contributed by atoms with Crippen LogP contribution in [0.5, 0.6) is 0 Å². The summed E-state index contributed by atoms with van der Waals surface area (Å²) in [5, 5.41) is 0. The quantitative estimate of drug-likeness (QED) is 0.768. The molecule has 0 N–H and O–H groups in total. The molecule has 1 amide bonds. The Kier molecular flexibility index (Phi) is 2.88. The monoisotopic (exact) mass is 251 g/mol. The minimum absolute atomic E-state index is 0.0416. The number of carbonyl (C=O) groups excluding carboxylic acids is 2. The zero-order valence-corrected chi connectivity index (χ0v) is 10.3. The number of rotatable bonds is 2. The molecule has 3 heteroatoms. The SMILES string of the molecule is O=C1CN(c2ccccc2)C(=O)C1c1ccccc1. The molecule has 0 aromatic heterocycles. The molecule has 3 nitrogen and oxygen atoms in total. The van der Waals surface area contributed by atoms with Crippen LogP contribution in [0.25, 0.3) is 0 Å². The second kappa shape index (κ2) is 4.69. The molecule has 1 aliphatic rings. The van der Waals surface area contributed by atoms with E-state index in [2.05, 4.69) is 0 Å². The Morgan fingerprint density at radius 3 is 2.05 bits per heavy atom. The van der Waals surface area contributed by atoms with E-state index in [-0.39, 0.29) is 18.2 Å². The van der Waals surface area contributed by atoms with Gasteiger partial charge in [-0.2, -0.15) is 0 Å². The van der Waals surface area contributed by atoms with Crippen LogP contribution >= 0.6 is 0 Å². The Balaban J connectivity index is 1.94. The Hall–Kier alpha value is -2.42. The molecule has 1 unspecified atom stereocenters. The summed E-state index contributed by atoms with van der Waals surface area (Å²) in [7, 11) is 0. The summed E-state index contributed by atoms with van der Waals surface area (Å²) >= 11 is 0. The van der Waals surface area contributed by atoms with Crippen molar-refractivity contribution in [2.75, 3.05) is 11.4 Å². The number of hydrogen-bond donors (Lipinski definition) is 0. The molecule has 2 aromatic rings. The van der Waals surface area contributed by atoms with Crippen molar-refractivity contribution in [1.82, 2.24) is 0 Å². The molecule has 3 rings (SSSR count). The lowest BCUT2D eigenvalue weighted by atomic mass is 9.97. The molecule has 0 bridgehead atoms. The van der Waals surface area contributed by atoms with Gasteiger partial charge in [0.1, 0.15) is 5.92 Å². The van der Waals surface area contributed by atoms with E-state index < -0.39 is 5.92 Å². The Labute approximate surface area is 111 Å². The van der Waals surface area contributed by atoms with Gasteiger partial charge in [-0.25, -0.2) is 0 Å². The van der Waals surface area contributed by atoms with Crippen molar-refractivity contribution >= 4 is 17.4 Å². The molecule has 2 aromatic carbocycles. The van der Waals surface area contributed by atoms with Crippen molar-refractivity contribution < 1.29 is 9.59 Å². The molecule has 0 radical (unpaired) electrons. The van der Waals surface area contributed by atoms with Crippen LogP contribution in [-0.2, 0) is 9.59 Å². The highest BCUT2D eigenvalue weighted by Crippen LogP contribution is 2.29. The van der Waals surface area contributed by atoms with Gasteiger partial charge in [0.2, 0.25) is 5.91 Å². The molecule has 1 saturated heterocycles. The van der Waals surface area contributed by atoms with Crippen LogP contribution in [0.2, 0.25) is 0 Å². The topological polar surface area (TPSA) is 37.4 Å². The van der Waals surface area contributed by atoms with Gasteiger partial charge in [-0.1, -0.05) is 48.5 Å². The van der Waals surface area contributed by atoms with E-state index in [0.29, 0.717) is 0 Å². The van der Waals surface area contributed by atoms with Gasteiger partial charge in [-0.15, -0.1) is 0 Å². The minimum Gasteiger partial charge on any atom is -0.304 e. The lowest BCUT2D eigenvalue weighted by Crippen LogP contribution is -2.26. The Morgan fingerprint density at radius 1 is 0.842 bits per heavy atom. The van der Waals surface area contributed by atoms with Crippen LogP contribution in [0.4, 0.5) is 5.69 Å². The molecule has 0 aliphatic carbocycles. The summed E-state index contributed by atoms with van der Waals surface area (Å²) in [6.45, 7) is 0.155. The summed E-state index contributed by atoms with van der Waals surface area (Å²) in [6, 6.07) is 18.5. The van der Waals surface area contributed by atoms with Crippen LogP contribution in [0, 0.1) is 0 Å². The number of hydrogen-bond acceptors (Lipinski definition) is 2. The summed E-state index contributed by atoms with van der Waals surface area (Å²) in [5.41, 5.74) is 1.55. The maximum absolute atomic E-state index is 12.4. The molecule has 1 atom stereocenters. The molecule has 1 aliphatic heterocycles. The highest BCUT2D eigenvalue weighted by Gasteiger charge is 2.40. The van der Waals surface area contributed by atoms with Crippen LogP contribution in [0.3, 0.4) is 0 Å². The maximum atomic E-state index is 12.4. The highest BCUT2D eigenvalue weighted by molar-refractivity contribution is 6.21. The van der Waals surface area contributed by atoms with Crippen LogP contribution in [0.1, 0.15) is 11.5 Å². The minimum atomic E-state index is -0.651. The van der Waals surface area contributed by atoms with Gasteiger partial charge in [-0.05, 0) is 17.7 Å². The fourth-order valence-corrected chi connectivity index (χ4v) is 2.42.